The molecular weight excluding hydrogens is 316 g/mol. The predicted molar refractivity (Wildman–Crippen MR) is 89.5 cm³/mol. The highest BCUT2D eigenvalue weighted by Crippen LogP contribution is 2.22. The van der Waals surface area contributed by atoms with Gasteiger partial charge in [0.1, 0.15) is 5.15 Å². The lowest BCUT2D eigenvalue weighted by molar-refractivity contribution is -0.130. The number of rotatable bonds is 3. The second-order valence-electron chi connectivity index (χ2n) is 6.30. The van der Waals surface area contributed by atoms with Crippen molar-refractivity contribution < 1.29 is 14.3 Å². The van der Waals surface area contributed by atoms with Crippen LogP contribution in [-0.4, -0.2) is 28.5 Å². The van der Waals surface area contributed by atoms with Crippen molar-refractivity contribution in [2.24, 2.45) is 0 Å². The highest BCUT2D eigenvalue weighted by molar-refractivity contribution is 6.30. The molecule has 0 aliphatic rings. The van der Waals surface area contributed by atoms with Gasteiger partial charge >= 0.3 is 5.97 Å². The molecule has 2 rings (SSSR count). The number of para-hydroxylation sites is 1. The van der Waals surface area contributed by atoms with Gasteiger partial charge in [0.15, 0.2) is 6.10 Å². The summed E-state index contributed by atoms with van der Waals surface area (Å²) >= 11 is 5.96. The Labute approximate surface area is 140 Å². The molecule has 1 aromatic heterocycles. The minimum atomic E-state index is -0.910. The molecular formula is C17H19ClN2O3. The first-order valence-electron chi connectivity index (χ1n) is 7.25. The molecule has 23 heavy (non-hydrogen) atoms. The number of fused-ring (bicyclic) bond motifs is 1. The maximum Gasteiger partial charge on any atom is 0.339 e. The first kappa shape index (κ1) is 17.2. The fourth-order valence-corrected chi connectivity index (χ4v) is 2.26. The lowest BCUT2D eigenvalue weighted by Gasteiger charge is -2.23. The molecule has 5 nitrogen and oxygen atoms in total. The summed E-state index contributed by atoms with van der Waals surface area (Å²) in [6, 6.07) is 8.56. The van der Waals surface area contributed by atoms with E-state index in [2.05, 4.69) is 10.3 Å². The van der Waals surface area contributed by atoms with Crippen LogP contribution < -0.4 is 5.32 Å². The van der Waals surface area contributed by atoms with Gasteiger partial charge in [-0.25, -0.2) is 9.78 Å². The lowest BCUT2D eigenvalue weighted by Crippen LogP contribution is -2.46. The monoisotopic (exact) mass is 334 g/mol. The summed E-state index contributed by atoms with van der Waals surface area (Å²) in [6.45, 7) is 7.10. The molecule has 1 aromatic carbocycles. The topological polar surface area (TPSA) is 68.3 Å². The Hall–Kier alpha value is -2.14. The molecule has 0 radical (unpaired) electrons. The molecule has 0 aliphatic heterocycles. The minimum Gasteiger partial charge on any atom is -0.449 e. The molecule has 0 spiro atoms. The number of ether oxygens (including phenoxy) is 1. The Morgan fingerprint density at radius 1 is 1.26 bits per heavy atom. The van der Waals surface area contributed by atoms with Crippen molar-refractivity contribution >= 4 is 34.4 Å². The number of esters is 1. The zero-order chi connectivity index (χ0) is 17.2. The molecule has 2 aromatic rings. The van der Waals surface area contributed by atoms with E-state index in [9.17, 15) is 9.59 Å². The van der Waals surface area contributed by atoms with Crippen LogP contribution in [0.5, 0.6) is 0 Å². The molecule has 0 unspecified atom stereocenters. The Morgan fingerprint density at radius 3 is 2.57 bits per heavy atom. The Kier molecular flexibility index (Phi) is 4.90. The van der Waals surface area contributed by atoms with Gasteiger partial charge in [0.2, 0.25) is 0 Å². The summed E-state index contributed by atoms with van der Waals surface area (Å²) in [6.07, 6.45) is -0.910. The van der Waals surface area contributed by atoms with E-state index in [-0.39, 0.29) is 16.6 Å². The number of aromatic nitrogens is 1. The van der Waals surface area contributed by atoms with E-state index in [0.717, 1.165) is 0 Å². The number of nitrogens with zero attached hydrogens (tertiary/aromatic N) is 1. The molecule has 1 atom stereocenters. The van der Waals surface area contributed by atoms with Crippen LogP contribution in [-0.2, 0) is 9.53 Å². The molecule has 122 valence electrons. The third-order valence-electron chi connectivity index (χ3n) is 3.06. The van der Waals surface area contributed by atoms with Crippen LogP contribution in [0.25, 0.3) is 10.9 Å². The quantitative estimate of drug-likeness (QED) is 0.690. The number of halogens is 1. The zero-order valence-corrected chi connectivity index (χ0v) is 14.3. The average Bonchev–Trinajstić information content (AvgIpc) is 2.44. The predicted octanol–water partition coefficient (Wildman–Crippen LogP) is 3.35. The Bertz CT molecular complexity index is 753. The van der Waals surface area contributed by atoms with Crippen LogP contribution in [0.2, 0.25) is 5.15 Å². The molecule has 0 bridgehead atoms. The summed E-state index contributed by atoms with van der Waals surface area (Å²) in [7, 11) is 0. The van der Waals surface area contributed by atoms with Crippen molar-refractivity contribution in [2.75, 3.05) is 0 Å². The first-order valence-corrected chi connectivity index (χ1v) is 7.63. The molecule has 0 aliphatic carbocycles. The SMILES string of the molecule is C[C@@H](OC(=O)c1cc(Cl)nc2ccccc12)C(=O)NC(C)(C)C. The molecule has 0 saturated carbocycles. The number of pyridine rings is 1. The van der Waals surface area contributed by atoms with Gasteiger partial charge in [-0.2, -0.15) is 0 Å². The van der Waals surface area contributed by atoms with Gasteiger partial charge in [-0.15, -0.1) is 0 Å². The number of amides is 1. The number of carbonyl (C=O) groups excluding carboxylic acids is 2. The van der Waals surface area contributed by atoms with E-state index in [1.165, 1.54) is 13.0 Å². The number of hydrogen-bond donors (Lipinski definition) is 1. The van der Waals surface area contributed by atoms with Crippen molar-refractivity contribution in [2.45, 2.75) is 39.3 Å². The summed E-state index contributed by atoms with van der Waals surface area (Å²) in [5.74, 6) is -0.961. The summed E-state index contributed by atoms with van der Waals surface area (Å²) in [4.78, 5) is 28.6. The molecule has 1 amide bonds. The summed E-state index contributed by atoms with van der Waals surface area (Å²) < 4.78 is 5.27. The fraction of sp³-hybridized carbons (Fsp3) is 0.353. The van der Waals surface area contributed by atoms with Crippen molar-refractivity contribution in [3.8, 4) is 0 Å². The number of benzene rings is 1. The van der Waals surface area contributed by atoms with Crippen LogP contribution >= 0.6 is 11.6 Å². The standard InChI is InChI=1S/C17H19ClN2O3/c1-10(15(21)20-17(2,3)4)23-16(22)12-9-14(18)19-13-8-6-5-7-11(12)13/h5-10H,1-4H3,(H,20,21)/t10-/m1/s1. The van der Waals surface area contributed by atoms with Gasteiger partial charge < -0.3 is 10.1 Å². The van der Waals surface area contributed by atoms with Gasteiger partial charge in [0.25, 0.3) is 5.91 Å². The van der Waals surface area contributed by atoms with E-state index < -0.39 is 17.6 Å². The van der Waals surface area contributed by atoms with Crippen LogP contribution in [0, 0.1) is 0 Å². The maximum atomic E-state index is 12.4. The van der Waals surface area contributed by atoms with E-state index in [4.69, 9.17) is 16.3 Å². The molecule has 1 heterocycles. The van der Waals surface area contributed by atoms with Gasteiger partial charge in [-0.3, -0.25) is 4.79 Å². The van der Waals surface area contributed by atoms with E-state index >= 15 is 0 Å². The number of hydrogen-bond acceptors (Lipinski definition) is 4. The van der Waals surface area contributed by atoms with Crippen LogP contribution in [0.15, 0.2) is 30.3 Å². The normalized spacial score (nSPS) is 12.7. The van der Waals surface area contributed by atoms with Crippen molar-refractivity contribution in [3.63, 3.8) is 0 Å². The second kappa shape index (κ2) is 6.54. The number of carbonyl (C=O) groups is 2. The average molecular weight is 335 g/mol. The third kappa shape index (κ3) is 4.42. The van der Waals surface area contributed by atoms with Crippen molar-refractivity contribution in [3.05, 3.63) is 41.0 Å². The van der Waals surface area contributed by atoms with Crippen molar-refractivity contribution in [1.29, 1.82) is 0 Å². The maximum absolute atomic E-state index is 12.4. The second-order valence-corrected chi connectivity index (χ2v) is 6.68. The first-order chi connectivity index (χ1) is 10.7. The van der Waals surface area contributed by atoms with E-state index in [1.54, 1.807) is 24.3 Å². The van der Waals surface area contributed by atoms with Crippen LogP contribution in [0.1, 0.15) is 38.1 Å². The number of nitrogens with one attached hydrogen (secondary N) is 1. The summed E-state index contributed by atoms with van der Waals surface area (Å²) in [5, 5.41) is 3.60. The van der Waals surface area contributed by atoms with Gasteiger partial charge in [-0.1, -0.05) is 29.8 Å². The van der Waals surface area contributed by atoms with E-state index in [0.29, 0.717) is 10.9 Å². The van der Waals surface area contributed by atoms with Crippen molar-refractivity contribution in [1.82, 2.24) is 10.3 Å². The van der Waals surface area contributed by atoms with Crippen LogP contribution in [0.3, 0.4) is 0 Å². The Balaban J connectivity index is 2.23. The summed E-state index contributed by atoms with van der Waals surface area (Å²) in [5.41, 5.74) is 0.486. The zero-order valence-electron chi connectivity index (χ0n) is 13.5. The van der Waals surface area contributed by atoms with Crippen LogP contribution in [0.4, 0.5) is 0 Å². The molecule has 6 heteroatoms. The Morgan fingerprint density at radius 2 is 1.91 bits per heavy atom. The molecule has 0 fully saturated rings. The highest BCUT2D eigenvalue weighted by atomic mass is 35.5. The third-order valence-corrected chi connectivity index (χ3v) is 3.25. The minimum absolute atomic E-state index is 0.197. The van der Waals surface area contributed by atoms with Gasteiger partial charge in [-0.05, 0) is 39.8 Å². The van der Waals surface area contributed by atoms with E-state index in [1.807, 2.05) is 20.8 Å². The lowest BCUT2D eigenvalue weighted by atomic mass is 10.1. The smallest absolute Gasteiger partial charge is 0.339 e. The largest absolute Gasteiger partial charge is 0.449 e. The molecule has 0 saturated heterocycles. The van der Waals surface area contributed by atoms with Gasteiger partial charge in [0.05, 0.1) is 11.1 Å². The fourth-order valence-electron chi connectivity index (χ4n) is 2.06. The molecule has 1 N–H and O–H groups in total. The van der Waals surface area contributed by atoms with Gasteiger partial charge in [0, 0.05) is 10.9 Å². The highest BCUT2D eigenvalue weighted by Gasteiger charge is 2.24.